The summed E-state index contributed by atoms with van der Waals surface area (Å²) in [6.45, 7) is 5.43. The van der Waals surface area contributed by atoms with Gasteiger partial charge in [-0.2, -0.15) is 5.10 Å². The lowest BCUT2D eigenvalue weighted by atomic mass is 10.0. The molecule has 2 aromatic carbocycles. The Balaban J connectivity index is 1.46. The van der Waals surface area contributed by atoms with E-state index in [9.17, 15) is 13.2 Å². The second-order valence-electron chi connectivity index (χ2n) is 10.5. The summed E-state index contributed by atoms with van der Waals surface area (Å²) in [5.41, 5.74) is 2.04. The van der Waals surface area contributed by atoms with E-state index < -0.39 is 28.6 Å². The van der Waals surface area contributed by atoms with Gasteiger partial charge in [0.25, 0.3) is 0 Å². The van der Waals surface area contributed by atoms with Gasteiger partial charge in [-0.15, -0.1) is 15.8 Å². The molecule has 0 saturated carbocycles. The van der Waals surface area contributed by atoms with Crippen molar-refractivity contribution in [2.75, 3.05) is 28.9 Å². The molecule has 4 aromatic rings. The zero-order valence-electron chi connectivity index (χ0n) is 24.0. The molecule has 0 amide bonds. The lowest BCUT2D eigenvalue weighted by Crippen LogP contribution is -2.44. The Hall–Kier alpha value is -3.84. The van der Waals surface area contributed by atoms with Crippen LogP contribution in [-0.4, -0.2) is 62.5 Å². The molecule has 0 spiro atoms. The maximum absolute atomic E-state index is 15.1. The quantitative estimate of drug-likeness (QED) is 0.131. The van der Waals surface area contributed by atoms with Crippen LogP contribution >= 0.6 is 10.7 Å². The van der Waals surface area contributed by atoms with Crippen molar-refractivity contribution in [3.05, 3.63) is 60.2 Å². The number of aryl methyl sites for hydroxylation is 1. The van der Waals surface area contributed by atoms with E-state index in [1.54, 1.807) is 48.8 Å². The predicted molar refractivity (Wildman–Crippen MR) is 165 cm³/mol. The lowest BCUT2D eigenvalue weighted by Gasteiger charge is -2.26. The van der Waals surface area contributed by atoms with Crippen molar-refractivity contribution < 1.29 is 22.3 Å². The van der Waals surface area contributed by atoms with E-state index in [4.69, 9.17) is 4.74 Å². The highest BCUT2D eigenvalue weighted by molar-refractivity contribution is 8.16. The van der Waals surface area contributed by atoms with E-state index in [0.29, 0.717) is 53.2 Å². The molecular formula is C30H33F4N7OS. The van der Waals surface area contributed by atoms with Crippen LogP contribution < -0.4 is 20.1 Å². The van der Waals surface area contributed by atoms with Crippen LogP contribution in [0, 0.1) is 12.7 Å². The van der Waals surface area contributed by atoms with E-state index in [-0.39, 0.29) is 29.8 Å². The highest BCUT2D eigenvalue weighted by Crippen LogP contribution is 2.40. The number of piperidine rings is 1. The molecule has 0 radical (unpaired) electrons. The number of rotatable bonds is 10. The lowest BCUT2D eigenvalue weighted by molar-refractivity contribution is 0.0194. The zero-order chi connectivity index (χ0) is 30.6. The Labute approximate surface area is 249 Å². The van der Waals surface area contributed by atoms with Gasteiger partial charge in [0, 0.05) is 54.7 Å². The van der Waals surface area contributed by atoms with E-state index in [2.05, 4.69) is 35.5 Å². The van der Waals surface area contributed by atoms with Gasteiger partial charge >= 0.3 is 0 Å². The van der Waals surface area contributed by atoms with Crippen LogP contribution in [0.15, 0.2) is 48.8 Å². The van der Waals surface area contributed by atoms with Crippen molar-refractivity contribution in [2.24, 2.45) is 0 Å². The molecule has 3 N–H and O–H groups in total. The Morgan fingerprint density at radius 2 is 1.93 bits per heavy atom. The number of alkyl halides is 3. The average molecular weight is 616 g/mol. The SMILES string of the molecule is C/C=S(/CCC(C)(F)F)Nc1c(F)ccc2c(Oc3nnccc3-c3ccnc(N[C@@H]4CNC[C@@H](F)C4)n3)c(C)ccc12. The predicted octanol–water partition coefficient (Wildman–Crippen LogP) is 6.90. The van der Waals surface area contributed by atoms with Crippen molar-refractivity contribution in [3.8, 4) is 22.9 Å². The third kappa shape index (κ3) is 7.57. The van der Waals surface area contributed by atoms with Crippen LogP contribution in [0.3, 0.4) is 0 Å². The zero-order valence-corrected chi connectivity index (χ0v) is 24.8. The fourth-order valence-corrected chi connectivity index (χ4v) is 6.30. The molecule has 43 heavy (non-hydrogen) atoms. The van der Waals surface area contributed by atoms with Gasteiger partial charge in [-0.25, -0.2) is 27.5 Å². The smallest absolute Gasteiger partial charge is 0.248 e. The second kappa shape index (κ2) is 13.2. The number of nitrogens with one attached hydrogen (secondary N) is 3. The first-order valence-electron chi connectivity index (χ1n) is 13.9. The number of anilines is 2. The minimum absolute atomic E-state index is 0.157. The number of fused-ring (bicyclic) bond motifs is 1. The minimum Gasteiger partial charge on any atom is -0.436 e. The third-order valence-electron chi connectivity index (χ3n) is 7.02. The summed E-state index contributed by atoms with van der Waals surface area (Å²) in [5.74, 6) is -2.19. The largest absolute Gasteiger partial charge is 0.436 e. The average Bonchev–Trinajstić information content (AvgIpc) is 2.97. The number of aromatic nitrogens is 4. The Bertz CT molecular complexity index is 1630. The number of hydrogen-bond acceptors (Lipinski definition) is 8. The Morgan fingerprint density at radius 3 is 2.70 bits per heavy atom. The number of ether oxygens (including phenoxy) is 1. The molecule has 228 valence electrons. The molecule has 1 unspecified atom stereocenters. The monoisotopic (exact) mass is 615 g/mol. The molecule has 3 heterocycles. The van der Waals surface area contributed by atoms with Gasteiger partial charge in [-0.1, -0.05) is 12.1 Å². The molecule has 1 aliphatic heterocycles. The van der Waals surface area contributed by atoms with Crippen LogP contribution in [0.25, 0.3) is 22.0 Å². The van der Waals surface area contributed by atoms with Crippen LogP contribution in [0.4, 0.5) is 29.2 Å². The summed E-state index contributed by atoms with van der Waals surface area (Å²) in [5, 5.41) is 17.4. The Morgan fingerprint density at radius 1 is 1.12 bits per heavy atom. The molecule has 1 fully saturated rings. The molecule has 1 saturated heterocycles. The number of hydrogen-bond donors (Lipinski definition) is 3. The van der Waals surface area contributed by atoms with E-state index in [0.717, 1.165) is 12.5 Å². The van der Waals surface area contributed by atoms with Gasteiger partial charge in [-0.05, 0) is 56.0 Å². The summed E-state index contributed by atoms with van der Waals surface area (Å²) in [6.07, 6.45) is 2.20. The first-order valence-corrected chi connectivity index (χ1v) is 15.4. The fraction of sp³-hybridized carbons (Fsp3) is 0.367. The summed E-state index contributed by atoms with van der Waals surface area (Å²) < 4.78 is 65.5. The normalized spacial score (nSPS) is 18.0. The third-order valence-corrected chi connectivity index (χ3v) is 8.70. The van der Waals surface area contributed by atoms with E-state index in [1.165, 1.54) is 12.3 Å². The number of benzene rings is 2. The summed E-state index contributed by atoms with van der Waals surface area (Å²) in [4.78, 5) is 8.91. The van der Waals surface area contributed by atoms with Gasteiger partial charge in [0.05, 0.1) is 23.1 Å². The van der Waals surface area contributed by atoms with Gasteiger partial charge in [0.1, 0.15) is 17.7 Å². The molecule has 13 heteroatoms. The molecule has 0 bridgehead atoms. The number of halogens is 4. The van der Waals surface area contributed by atoms with Crippen LogP contribution in [0.5, 0.6) is 11.6 Å². The van der Waals surface area contributed by atoms with E-state index >= 15 is 4.39 Å². The summed E-state index contributed by atoms with van der Waals surface area (Å²) >= 11 is 0. The Kier molecular flexibility index (Phi) is 9.40. The summed E-state index contributed by atoms with van der Waals surface area (Å²) in [7, 11) is -0.784. The topological polar surface area (TPSA) is 96.9 Å². The van der Waals surface area contributed by atoms with Crippen LogP contribution in [0.1, 0.15) is 32.3 Å². The first kappa shape index (κ1) is 30.6. The van der Waals surface area contributed by atoms with Crippen LogP contribution in [0.2, 0.25) is 0 Å². The van der Waals surface area contributed by atoms with Crippen molar-refractivity contribution in [1.29, 1.82) is 0 Å². The second-order valence-corrected chi connectivity index (χ2v) is 12.4. The first-order chi connectivity index (χ1) is 20.6. The molecule has 2 aromatic heterocycles. The molecule has 5 rings (SSSR count). The molecule has 8 nitrogen and oxygen atoms in total. The highest BCUT2D eigenvalue weighted by atomic mass is 32.2. The summed E-state index contributed by atoms with van der Waals surface area (Å²) in [6, 6.07) is 9.78. The molecule has 0 aliphatic carbocycles. The van der Waals surface area contributed by atoms with E-state index in [1.807, 2.05) is 6.92 Å². The van der Waals surface area contributed by atoms with Crippen molar-refractivity contribution >= 4 is 38.4 Å². The van der Waals surface area contributed by atoms with Gasteiger partial charge < -0.3 is 20.1 Å². The molecule has 3 atom stereocenters. The van der Waals surface area contributed by atoms with Crippen molar-refractivity contribution in [1.82, 2.24) is 25.5 Å². The minimum atomic E-state index is -2.81. The van der Waals surface area contributed by atoms with Gasteiger partial charge in [-0.3, -0.25) is 0 Å². The molecular weight excluding hydrogens is 582 g/mol. The van der Waals surface area contributed by atoms with Crippen LogP contribution in [-0.2, 0) is 0 Å². The standard InChI is InChI=1S/C30H33F4N7OS/c1-4-43(14-11-30(3,33)34)41-26-21-6-5-18(2)27(22(21)7-8-24(26)32)42-28-23(9-13-37-40-28)25-10-12-36-29(39-25)38-20-15-19(31)16-35-17-20/h4-10,12-13,19-20,35,41H,11,14-17H2,1-3H3,(H,36,38,39)/t19-,20-,43?/m0/s1. The van der Waals surface area contributed by atoms with Gasteiger partial charge in [0.15, 0.2) is 0 Å². The maximum Gasteiger partial charge on any atom is 0.248 e. The highest BCUT2D eigenvalue weighted by Gasteiger charge is 2.23. The van der Waals surface area contributed by atoms with Crippen molar-refractivity contribution in [3.63, 3.8) is 0 Å². The fourth-order valence-electron chi connectivity index (χ4n) is 4.79. The molecule has 1 aliphatic rings. The van der Waals surface area contributed by atoms with Gasteiger partial charge in [0.2, 0.25) is 17.8 Å². The number of nitrogens with zero attached hydrogens (tertiary/aromatic N) is 4. The maximum atomic E-state index is 15.1. The van der Waals surface area contributed by atoms with Crippen molar-refractivity contribution in [2.45, 2.75) is 51.7 Å².